The molecule has 1 unspecified atom stereocenters. The molecule has 0 saturated carbocycles. The third-order valence-corrected chi connectivity index (χ3v) is 2.88. The lowest BCUT2D eigenvalue weighted by Crippen LogP contribution is -2.24. The Bertz CT molecular complexity index is 181. The van der Waals surface area contributed by atoms with Crippen molar-refractivity contribution in [3.05, 3.63) is 0 Å². The maximum atomic E-state index is 11.4. The van der Waals surface area contributed by atoms with Crippen LogP contribution in [0.2, 0.25) is 0 Å². The maximum absolute atomic E-state index is 11.4. The van der Waals surface area contributed by atoms with Crippen LogP contribution in [0, 0.1) is 0 Å². The fourth-order valence-electron chi connectivity index (χ4n) is 1.78. The summed E-state index contributed by atoms with van der Waals surface area (Å²) in [5, 5.41) is 11.9. The number of nitrogens with one attached hydrogen (secondary N) is 1. The van der Waals surface area contributed by atoms with Crippen molar-refractivity contribution in [1.29, 1.82) is 0 Å². The standard InChI is InChI=1S/C14H29NO2/c1-3-4-5-6-7-8-11-14(17)15-12-9-10-13(2)16/h13,16H,3-12H2,1-2H3,(H,15,17). The lowest BCUT2D eigenvalue weighted by Gasteiger charge is -2.06. The van der Waals surface area contributed by atoms with Crippen molar-refractivity contribution in [1.82, 2.24) is 5.32 Å². The molecule has 17 heavy (non-hydrogen) atoms. The Morgan fingerprint density at radius 3 is 2.41 bits per heavy atom. The number of carbonyl (C=O) groups excluding carboxylic acids is 1. The van der Waals surface area contributed by atoms with Gasteiger partial charge < -0.3 is 10.4 Å². The van der Waals surface area contributed by atoms with E-state index >= 15 is 0 Å². The average Bonchev–Trinajstić information content (AvgIpc) is 2.29. The summed E-state index contributed by atoms with van der Waals surface area (Å²) in [4.78, 5) is 11.4. The molecule has 0 heterocycles. The van der Waals surface area contributed by atoms with Gasteiger partial charge in [-0.1, -0.05) is 39.0 Å². The lowest BCUT2D eigenvalue weighted by atomic mass is 10.1. The first-order valence-corrected chi connectivity index (χ1v) is 7.11. The van der Waals surface area contributed by atoms with E-state index in [0.29, 0.717) is 13.0 Å². The van der Waals surface area contributed by atoms with Crippen LogP contribution in [0.1, 0.15) is 71.6 Å². The van der Waals surface area contributed by atoms with Gasteiger partial charge in [-0.05, 0) is 26.2 Å². The van der Waals surface area contributed by atoms with Gasteiger partial charge in [-0.15, -0.1) is 0 Å². The summed E-state index contributed by atoms with van der Waals surface area (Å²) < 4.78 is 0. The molecule has 0 rings (SSSR count). The van der Waals surface area contributed by atoms with Gasteiger partial charge in [0.25, 0.3) is 0 Å². The van der Waals surface area contributed by atoms with Crippen molar-refractivity contribution in [3.8, 4) is 0 Å². The van der Waals surface area contributed by atoms with Crippen molar-refractivity contribution in [2.24, 2.45) is 0 Å². The fourth-order valence-corrected chi connectivity index (χ4v) is 1.78. The first-order valence-electron chi connectivity index (χ1n) is 7.11. The highest BCUT2D eigenvalue weighted by molar-refractivity contribution is 5.75. The van der Waals surface area contributed by atoms with Gasteiger partial charge in [0, 0.05) is 13.0 Å². The van der Waals surface area contributed by atoms with Crippen LogP contribution in [-0.2, 0) is 4.79 Å². The molecule has 0 aliphatic rings. The summed E-state index contributed by atoms with van der Waals surface area (Å²) >= 11 is 0. The molecule has 3 heteroatoms. The van der Waals surface area contributed by atoms with Gasteiger partial charge in [0.15, 0.2) is 0 Å². The number of rotatable bonds is 11. The lowest BCUT2D eigenvalue weighted by molar-refractivity contribution is -0.121. The van der Waals surface area contributed by atoms with Crippen molar-refractivity contribution in [2.45, 2.75) is 77.7 Å². The number of amides is 1. The average molecular weight is 243 g/mol. The third-order valence-electron chi connectivity index (χ3n) is 2.88. The van der Waals surface area contributed by atoms with Crippen LogP contribution in [0.4, 0.5) is 0 Å². The minimum atomic E-state index is -0.259. The molecule has 1 amide bonds. The van der Waals surface area contributed by atoms with E-state index in [1.807, 2.05) is 0 Å². The van der Waals surface area contributed by atoms with Crippen LogP contribution in [0.5, 0.6) is 0 Å². The molecule has 1 atom stereocenters. The zero-order chi connectivity index (χ0) is 12.9. The predicted molar refractivity (Wildman–Crippen MR) is 71.9 cm³/mol. The summed E-state index contributed by atoms with van der Waals surface area (Å²) in [6.07, 6.45) is 9.32. The van der Waals surface area contributed by atoms with E-state index in [1.54, 1.807) is 6.92 Å². The molecule has 0 aromatic heterocycles. The minimum Gasteiger partial charge on any atom is -0.393 e. The Hall–Kier alpha value is -0.570. The zero-order valence-electron chi connectivity index (χ0n) is 11.5. The fraction of sp³-hybridized carbons (Fsp3) is 0.929. The van der Waals surface area contributed by atoms with Crippen LogP contribution in [0.3, 0.4) is 0 Å². The van der Waals surface area contributed by atoms with E-state index in [9.17, 15) is 4.79 Å². The Kier molecular flexibility index (Phi) is 11.5. The molecule has 0 spiro atoms. The molecule has 0 bridgehead atoms. The van der Waals surface area contributed by atoms with Crippen molar-refractivity contribution in [2.75, 3.05) is 6.54 Å². The molecule has 102 valence electrons. The topological polar surface area (TPSA) is 49.3 Å². The largest absolute Gasteiger partial charge is 0.393 e. The first kappa shape index (κ1) is 16.4. The summed E-state index contributed by atoms with van der Waals surface area (Å²) in [5.41, 5.74) is 0. The molecule has 2 N–H and O–H groups in total. The van der Waals surface area contributed by atoms with E-state index < -0.39 is 0 Å². The smallest absolute Gasteiger partial charge is 0.219 e. The monoisotopic (exact) mass is 243 g/mol. The zero-order valence-corrected chi connectivity index (χ0v) is 11.5. The highest BCUT2D eigenvalue weighted by atomic mass is 16.3. The molecule has 0 fully saturated rings. The van der Waals surface area contributed by atoms with Gasteiger partial charge in [-0.2, -0.15) is 0 Å². The normalized spacial score (nSPS) is 12.4. The van der Waals surface area contributed by atoms with Gasteiger partial charge in [-0.25, -0.2) is 0 Å². The van der Waals surface area contributed by atoms with Gasteiger partial charge in [-0.3, -0.25) is 4.79 Å². The Morgan fingerprint density at radius 1 is 1.12 bits per heavy atom. The summed E-state index contributed by atoms with van der Waals surface area (Å²) in [6.45, 7) is 4.68. The van der Waals surface area contributed by atoms with E-state index in [0.717, 1.165) is 19.3 Å². The molecule has 0 aromatic carbocycles. The van der Waals surface area contributed by atoms with E-state index in [4.69, 9.17) is 5.11 Å². The molecular formula is C14H29NO2. The molecule has 0 radical (unpaired) electrons. The van der Waals surface area contributed by atoms with Crippen LogP contribution in [0.25, 0.3) is 0 Å². The van der Waals surface area contributed by atoms with Crippen LogP contribution in [-0.4, -0.2) is 23.7 Å². The van der Waals surface area contributed by atoms with E-state index in [-0.39, 0.29) is 12.0 Å². The van der Waals surface area contributed by atoms with Crippen LogP contribution in [0.15, 0.2) is 0 Å². The maximum Gasteiger partial charge on any atom is 0.219 e. The summed E-state index contributed by atoms with van der Waals surface area (Å²) in [7, 11) is 0. The predicted octanol–water partition coefficient (Wildman–Crippen LogP) is 3.01. The highest BCUT2D eigenvalue weighted by Gasteiger charge is 2.01. The summed E-state index contributed by atoms with van der Waals surface area (Å²) in [6, 6.07) is 0. The third kappa shape index (κ3) is 13.4. The number of unbranched alkanes of at least 4 members (excludes halogenated alkanes) is 5. The Morgan fingerprint density at radius 2 is 1.76 bits per heavy atom. The van der Waals surface area contributed by atoms with Gasteiger partial charge in [0.05, 0.1) is 6.10 Å². The molecular weight excluding hydrogens is 214 g/mol. The molecule has 0 aliphatic heterocycles. The second kappa shape index (κ2) is 11.9. The van der Waals surface area contributed by atoms with Gasteiger partial charge >= 0.3 is 0 Å². The van der Waals surface area contributed by atoms with Crippen molar-refractivity contribution in [3.63, 3.8) is 0 Å². The van der Waals surface area contributed by atoms with Crippen LogP contribution >= 0.6 is 0 Å². The summed E-state index contributed by atoms with van der Waals surface area (Å²) in [5.74, 6) is 0.158. The van der Waals surface area contributed by atoms with Crippen molar-refractivity contribution < 1.29 is 9.90 Å². The number of hydrogen-bond acceptors (Lipinski definition) is 2. The number of carbonyl (C=O) groups is 1. The minimum absolute atomic E-state index is 0.158. The SMILES string of the molecule is CCCCCCCCC(=O)NCCCC(C)O. The molecule has 0 saturated heterocycles. The Labute approximate surface area is 106 Å². The highest BCUT2D eigenvalue weighted by Crippen LogP contribution is 2.06. The van der Waals surface area contributed by atoms with Gasteiger partial charge in [0.2, 0.25) is 5.91 Å². The van der Waals surface area contributed by atoms with Gasteiger partial charge in [0.1, 0.15) is 0 Å². The van der Waals surface area contributed by atoms with E-state index in [1.165, 1.54) is 32.1 Å². The molecule has 0 aromatic rings. The number of hydrogen-bond donors (Lipinski definition) is 2. The Balaban J connectivity index is 3.18. The quantitative estimate of drug-likeness (QED) is 0.548. The van der Waals surface area contributed by atoms with Crippen molar-refractivity contribution >= 4 is 5.91 Å². The number of aliphatic hydroxyl groups excluding tert-OH is 1. The van der Waals surface area contributed by atoms with Crippen LogP contribution < -0.4 is 5.32 Å². The number of aliphatic hydroxyl groups is 1. The molecule has 3 nitrogen and oxygen atoms in total. The first-order chi connectivity index (χ1) is 8.16. The van der Waals surface area contributed by atoms with E-state index in [2.05, 4.69) is 12.2 Å². The second-order valence-electron chi connectivity index (χ2n) is 4.86. The second-order valence-corrected chi connectivity index (χ2v) is 4.86. The molecule has 0 aliphatic carbocycles.